The van der Waals surface area contributed by atoms with Crippen molar-refractivity contribution >= 4 is 17.7 Å². The molecule has 20 heavy (non-hydrogen) atoms. The van der Waals surface area contributed by atoms with Gasteiger partial charge in [-0.15, -0.1) is 12.6 Å². The van der Waals surface area contributed by atoms with Crippen molar-refractivity contribution in [3.63, 3.8) is 0 Å². The third kappa shape index (κ3) is 12.9. The topological polar surface area (TPSA) is 35.5 Å². The molecule has 0 aromatic carbocycles. The smallest absolute Gasteiger partial charge is 0.185 e. The Hall–Kier alpha value is -0.0600. The molecule has 2 unspecified atom stereocenters. The van der Waals surface area contributed by atoms with Gasteiger partial charge in [0.2, 0.25) is 0 Å². The van der Waals surface area contributed by atoms with E-state index in [1.165, 1.54) is 32.1 Å². The third-order valence-electron chi connectivity index (χ3n) is 3.33. The zero-order valence-corrected chi connectivity index (χ0v) is 14.3. The predicted molar refractivity (Wildman–Crippen MR) is 87.2 cm³/mol. The maximum absolute atomic E-state index is 10.9. The molecule has 0 radical (unpaired) electrons. The fourth-order valence-electron chi connectivity index (χ4n) is 2.28. The first-order valence-electron chi connectivity index (χ1n) is 8.09. The molecule has 0 aliphatic carbocycles. The monoisotopic (exact) mass is 304 g/mol. The van der Waals surface area contributed by atoms with E-state index in [1.807, 2.05) is 13.8 Å². The molecular weight excluding hydrogens is 272 g/mol. The lowest BCUT2D eigenvalue weighted by Crippen LogP contribution is -2.22. The first-order valence-corrected chi connectivity index (χ1v) is 8.53. The number of thiol groups is 1. The van der Waals surface area contributed by atoms with Gasteiger partial charge in [-0.25, -0.2) is 0 Å². The van der Waals surface area contributed by atoms with E-state index in [0.717, 1.165) is 19.3 Å². The Morgan fingerprint density at radius 1 is 1.05 bits per heavy atom. The van der Waals surface area contributed by atoms with E-state index in [4.69, 9.17) is 9.47 Å². The Morgan fingerprint density at radius 2 is 1.70 bits per heavy atom. The highest BCUT2D eigenvalue weighted by atomic mass is 32.1. The summed E-state index contributed by atoms with van der Waals surface area (Å²) in [5.41, 5.74) is 0. The highest BCUT2D eigenvalue weighted by Crippen LogP contribution is 2.17. The number of carbonyl (C=O) groups excluding carboxylic acids is 1. The molecule has 4 heteroatoms. The molecule has 0 fully saturated rings. The Morgan fingerprint density at radius 3 is 2.30 bits per heavy atom. The molecule has 0 aromatic heterocycles. The van der Waals surface area contributed by atoms with Crippen molar-refractivity contribution in [2.45, 2.75) is 91.0 Å². The average Bonchev–Trinajstić information content (AvgIpc) is 2.38. The Bertz CT molecular complexity index is 234. The highest BCUT2D eigenvalue weighted by molar-refractivity contribution is 7.96. The van der Waals surface area contributed by atoms with Gasteiger partial charge in [0.25, 0.3) is 0 Å². The minimum Gasteiger partial charge on any atom is -0.353 e. The second-order valence-electron chi connectivity index (χ2n) is 5.27. The van der Waals surface area contributed by atoms with Gasteiger partial charge in [0.05, 0.1) is 6.10 Å². The van der Waals surface area contributed by atoms with Gasteiger partial charge in [-0.3, -0.25) is 4.79 Å². The molecule has 0 saturated carbocycles. The molecule has 2 atom stereocenters. The Kier molecular flexibility index (Phi) is 13.9. The van der Waals surface area contributed by atoms with Crippen LogP contribution in [0, 0.1) is 0 Å². The lowest BCUT2D eigenvalue weighted by atomic mass is 10.0. The van der Waals surface area contributed by atoms with Crippen LogP contribution >= 0.6 is 12.6 Å². The molecule has 0 amide bonds. The van der Waals surface area contributed by atoms with Crippen LogP contribution in [0.5, 0.6) is 0 Å². The van der Waals surface area contributed by atoms with E-state index in [9.17, 15) is 4.79 Å². The summed E-state index contributed by atoms with van der Waals surface area (Å²) in [6.07, 6.45) is 9.74. The summed E-state index contributed by atoms with van der Waals surface area (Å²) < 4.78 is 11.4. The fraction of sp³-hybridized carbons (Fsp3) is 0.938. The molecular formula is C16H32O3S. The van der Waals surface area contributed by atoms with Gasteiger partial charge in [-0.2, -0.15) is 0 Å². The zero-order valence-electron chi connectivity index (χ0n) is 13.4. The summed E-state index contributed by atoms with van der Waals surface area (Å²) in [6.45, 7) is 6.81. The summed E-state index contributed by atoms with van der Waals surface area (Å²) in [4.78, 5) is 10.9. The van der Waals surface area contributed by atoms with E-state index in [-0.39, 0.29) is 17.5 Å². The standard InChI is InChI=1S/C16H32O3S/c1-4-6-7-8-9-11-15(12-10-13-16(17)20)19-14(3)18-5-2/h14-15H,4-13H2,1-3H3,(H,17,20). The maximum atomic E-state index is 10.9. The largest absolute Gasteiger partial charge is 0.353 e. The van der Waals surface area contributed by atoms with Crippen molar-refractivity contribution in [2.24, 2.45) is 0 Å². The van der Waals surface area contributed by atoms with Gasteiger partial charge in [0.15, 0.2) is 11.4 Å². The van der Waals surface area contributed by atoms with Crippen molar-refractivity contribution in [2.75, 3.05) is 6.61 Å². The van der Waals surface area contributed by atoms with Crippen LogP contribution in [-0.4, -0.2) is 24.1 Å². The maximum Gasteiger partial charge on any atom is 0.185 e. The molecule has 0 heterocycles. The van der Waals surface area contributed by atoms with Crippen LogP contribution in [-0.2, 0) is 14.3 Å². The summed E-state index contributed by atoms with van der Waals surface area (Å²) in [5, 5.41) is -0.0375. The van der Waals surface area contributed by atoms with Crippen molar-refractivity contribution in [3.8, 4) is 0 Å². The van der Waals surface area contributed by atoms with E-state index >= 15 is 0 Å². The SMILES string of the molecule is CCCCCCCC(CCCC(=O)S)OC(C)OCC. The predicted octanol–water partition coefficient (Wildman–Crippen LogP) is 4.74. The van der Waals surface area contributed by atoms with Crippen LogP contribution in [0.4, 0.5) is 0 Å². The minimum atomic E-state index is -0.160. The van der Waals surface area contributed by atoms with Gasteiger partial charge in [0.1, 0.15) is 0 Å². The normalized spacial score (nSPS) is 14.2. The van der Waals surface area contributed by atoms with Crippen molar-refractivity contribution in [3.05, 3.63) is 0 Å². The lowest BCUT2D eigenvalue weighted by Gasteiger charge is -2.22. The molecule has 0 N–H and O–H groups in total. The van der Waals surface area contributed by atoms with E-state index in [2.05, 4.69) is 19.6 Å². The summed E-state index contributed by atoms with van der Waals surface area (Å²) in [7, 11) is 0. The van der Waals surface area contributed by atoms with E-state index in [1.54, 1.807) is 0 Å². The highest BCUT2D eigenvalue weighted by Gasteiger charge is 2.13. The van der Waals surface area contributed by atoms with Crippen molar-refractivity contribution < 1.29 is 14.3 Å². The molecule has 0 bridgehead atoms. The Balaban J connectivity index is 3.93. The molecule has 0 aliphatic heterocycles. The quantitative estimate of drug-likeness (QED) is 0.286. The van der Waals surface area contributed by atoms with Gasteiger partial charge in [-0.05, 0) is 33.1 Å². The third-order valence-corrected chi connectivity index (χ3v) is 3.56. The zero-order chi connectivity index (χ0) is 15.2. The van der Waals surface area contributed by atoms with Gasteiger partial charge in [-0.1, -0.05) is 39.0 Å². The first-order chi connectivity index (χ1) is 9.60. The second kappa shape index (κ2) is 13.9. The lowest BCUT2D eigenvalue weighted by molar-refractivity contribution is -0.160. The Labute approximate surface area is 130 Å². The molecule has 120 valence electrons. The number of hydrogen-bond acceptors (Lipinski definition) is 3. The van der Waals surface area contributed by atoms with Crippen molar-refractivity contribution in [1.82, 2.24) is 0 Å². The number of hydrogen-bond donors (Lipinski definition) is 1. The van der Waals surface area contributed by atoms with E-state index in [0.29, 0.717) is 13.0 Å². The summed E-state index contributed by atoms with van der Waals surface area (Å²) in [5.74, 6) is 0. The average molecular weight is 304 g/mol. The van der Waals surface area contributed by atoms with Crippen LogP contribution in [0.15, 0.2) is 0 Å². The number of carbonyl (C=O) groups is 1. The van der Waals surface area contributed by atoms with Gasteiger partial charge >= 0.3 is 0 Å². The molecule has 0 aromatic rings. The van der Waals surface area contributed by atoms with Gasteiger partial charge < -0.3 is 9.47 Å². The molecule has 0 rings (SSSR count). The van der Waals surface area contributed by atoms with Gasteiger partial charge in [0, 0.05) is 13.0 Å². The van der Waals surface area contributed by atoms with Crippen molar-refractivity contribution in [1.29, 1.82) is 0 Å². The second-order valence-corrected chi connectivity index (χ2v) is 5.77. The molecule has 0 aliphatic rings. The van der Waals surface area contributed by atoms with E-state index < -0.39 is 0 Å². The minimum absolute atomic E-state index is 0.0375. The number of ether oxygens (including phenoxy) is 2. The molecule has 0 saturated heterocycles. The summed E-state index contributed by atoms with van der Waals surface area (Å²) in [6, 6.07) is 0. The molecule has 3 nitrogen and oxygen atoms in total. The van der Waals surface area contributed by atoms with Crippen LogP contribution in [0.3, 0.4) is 0 Å². The van der Waals surface area contributed by atoms with Crippen LogP contribution in [0.1, 0.15) is 78.6 Å². The number of unbranched alkanes of at least 4 members (excludes halogenated alkanes) is 4. The molecule has 0 spiro atoms. The summed E-state index contributed by atoms with van der Waals surface area (Å²) >= 11 is 3.81. The van der Waals surface area contributed by atoms with Crippen LogP contribution in [0.25, 0.3) is 0 Å². The first kappa shape index (κ1) is 19.9. The fourth-order valence-corrected chi connectivity index (χ4v) is 2.44. The van der Waals surface area contributed by atoms with Crippen LogP contribution < -0.4 is 0 Å². The number of rotatable bonds is 14. The van der Waals surface area contributed by atoms with Crippen LogP contribution in [0.2, 0.25) is 0 Å².